The van der Waals surface area contributed by atoms with Gasteiger partial charge in [-0.15, -0.1) is 0 Å². The van der Waals surface area contributed by atoms with E-state index < -0.39 is 11.9 Å². The van der Waals surface area contributed by atoms with Crippen LogP contribution in [0.25, 0.3) is 12.2 Å². The number of piperazine rings is 1. The quantitative estimate of drug-likeness (QED) is 0.287. The molecule has 3 rings (SSSR count). The summed E-state index contributed by atoms with van der Waals surface area (Å²) in [6, 6.07) is 14.3. The molecule has 3 amide bonds. The van der Waals surface area contributed by atoms with Gasteiger partial charge in [0.25, 0.3) is 5.91 Å². The van der Waals surface area contributed by atoms with E-state index in [1.165, 1.54) is 17.6 Å². The Hall–Kier alpha value is -3.91. The lowest BCUT2D eigenvalue weighted by molar-refractivity contribution is -0.124. The van der Waals surface area contributed by atoms with E-state index in [2.05, 4.69) is 4.90 Å². The number of amides is 3. The van der Waals surface area contributed by atoms with Crippen LogP contribution in [0.1, 0.15) is 21.5 Å². The third kappa shape index (κ3) is 5.80. The Morgan fingerprint density at radius 3 is 2.03 bits per heavy atom. The predicted octanol–water partition coefficient (Wildman–Crippen LogP) is 2.30. The topological polar surface area (TPSA) is 116 Å². The molecule has 1 aliphatic rings. The van der Waals surface area contributed by atoms with Crippen molar-refractivity contribution in [3.63, 3.8) is 0 Å². The predicted molar refractivity (Wildman–Crippen MR) is 119 cm³/mol. The Labute approximate surface area is 180 Å². The van der Waals surface area contributed by atoms with Crippen molar-refractivity contribution in [3.8, 4) is 0 Å². The van der Waals surface area contributed by atoms with Gasteiger partial charge >= 0.3 is 6.03 Å². The fourth-order valence-electron chi connectivity index (χ4n) is 3.31. The van der Waals surface area contributed by atoms with Crippen LogP contribution in [-0.2, 0) is 4.79 Å². The van der Waals surface area contributed by atoms with Crippen LogP contribution >= 0.6 is 0 Å². The first-order valence-electron chi connectivity index (χ1n) is 9.81. The monoisotopic (exact) mass is 420 g/mol. The molecule has 0 aromatic heterocycles. The molecule has 1 saturated heterocycles. The molecule has 1 heterocycles. The van der Waals surface area contributed by atoms with Gasteiger partial charge in [-0.2, -0.15) is 0 Å². The average Bonchev–Trinajstić information content (AvgIpc) is 2.81. The van der Waals surface area contributed by atoms with Gasteiger partial charge in [0.1, 0.15) is 0 Å². The van der Waals surface area contributed by atoms with Crippen LogP contribution in [0.2, 0.25) is 0 Å². The van der Waals surface area contributed by atoms with Crippen LogP contribution in [-0.4, -0.2) is 54.0 Å². The summed E-state index contributed by atoms with van der Waals surface area (Å²) in [7, 11) is 0. The number of nitrogens with one attached hydrogen (secondary N) is 1. The molecule has 0 saturated carbocycles. The van der Waals surface area contributed by atoms with Crippen molar-refractivity contribution in [2.75, 3.05) is 31.1 Å². The lowest BCUT2D eigenvalue weighted by Gasteiger charge is -2.35. The molecular weight excluding hydrogens is 396 g/mol. The van der Waals surface area contributed by atoms with Crippen molar-refractivity contribution in [3.05, 3.63) is 77.4 Å². The highest BCUT2D eigenvalue weighted by atomic mass is 16.5. The van der Waals surface area contributed by atoms with Gasteiger partial charge in [-0.1, -0.05) is 42.5 Å². The van der Waals surface area contributed by atoms with Crippen molar-refractivity contribution in [1.29, 1.82) is 0 Å². The van der Waals surface area contributed by atoms with Gasteiger partial charge < -0.3 is 15.5 Å². The smallest absolute Gasteiger partial charge is 0.314 e. The number of nitrogens with zero attached hydrogens (tertiary/aromatic N) is 2. The zero-order chi connectivity index (χ0) is 22.2. The molecule has 1 fully saturated rings. The van der Waals surface area contributed by atoms with Gasteiger partial charge in [0, 0.05) is 43.5 Å². The zero-order valence-corrected chi connectivity index (χ0v) is 16.9. The van der Waals surface area contributed by atoms with Crippen LogP contribution in [0.15, 0.2) is 60.7 Å². The molecule has 0 radical (unpaired) electrons. The maximum atomic E-state index is 12.9. The molecule has 0 bridgehead atoms. The first kappa shape index (κ1) is 21.8. The minimum Gasteiger partial charge on any atom is -0.367 e. The molecule has 2 aromatic carbocycles. The number of anilines is 1. The van der Waals surface area contributed by atoms with Crippen LogP contribution in [0.5, 0.6) is 0 Å². The lowest BCUT2D eigenvalue weighted by atomic mass is 10.0. The lowest BCUT2D eigenvalue weighted by Crippen LogP contribution is -2.50. The number of primary amides is 1. The SMILES string of the molecule is NC(=O)N1CCN(c2ccccc2C(=O)/C=C/c2ccc(/C=C/C(=O)NO)cc2)CC1. The first-order valence-corrected chi connectivity index (χ1v) is 9.81. The Bertz CT molecular complexity index is 1010. The Kier molecular flexibility index (Phi) is 7.18. The number of nitrogens with two attached hydrogens (primary N) is 1. The highest BCUT2D eigenvalue weighted by molar-refractivity contribution is 6.10. The van der Waals surface area contributed by atoms with Gasteiger partial charge in [-0.3, -0.25) is 14.8 Å². The Morgan fingerprint density at radius 1 is 0.871 bits per heavy atom. The molecule has 0 atom stereocenters. The number of hydrogen-bond acceptors (Lipinski definition) is 5. The molecule has 8 nitrogen and oxygen atoms in total. The van der Waals surface area contributed by atoms with Crippen molar-refractivity contribution >= 4 is 35.6 Å². The van der Waals surface area contributed by atoms with Gasteiger partial charge in [0.15, 0.2) is 5.78 Å². The van der Waals surface area contributed by atoms with Crippen LogP contribution < -0.4 is 16.1 Å². The van der Waals surface area contributed by atoms with Gasteiger partial charge in [0.2, 0.25) is 0 Å². The largest absolute Gasteiger partial charge is 0.367 e. The maximum absolute atomic E-state index is 12.9. The number of benzene rings is 2. The van der Waals surface area contributed by atoms with E-state index in [9.17, 15) is 14.4 Å². The summed E-state index contributed by atoms with van der Waals surface area (Å²) in [5.74, 6) is -0.721. The molecule has 0 aliphatic carbocycles. The number of allylic oxidation sites excluding steroid dienone is 1. The number of rotatable bonds is 6. The second-order valence-electron chi connectivity index (χ2n) is 7.00. The third-order valence-corrected chi connectivity index (χ3v) is 5.00. The second-order valence-corrected chi connectivity index (χ2v) is 7.00. The second kappa shape index (κ2) is 10.2. The fourth-order valence-corrected chi connectivity index (χ4v) is 3.31. The summed E-state index contributed by atoms with van der Waals surface area (Å²) < 4.78 is 0. The average molecular weight is 420 g/mol. The number of carbonyl (C=O) groups is 3. The van der Waals surface area contributed by atoms with E-state index in [0.717, 1.165) is 16.8 Å². The number of para-hydroxylation sites is 1. The van der Waals surface area contributed by atoms with Crippen LogP contribution in [0.4, 0.5) is 10.5 Å². The number of hydrogen-bond donors (Lipinski definition) is 3. The number of ketones is 1. The molecule has 31 heavy (non-hydrogen) atoms. The fraction of sp³-hybridized carbons (Fsp3) is 0.174. The molecule has 4 N–H and O–H groups in total. The standard InChI is InChI=1S/C23H24N4O4/c24-23(30)27-15-13-26(14-16-27)20-4-2-1-3-19(20)21(28)11-9-17-5-7-18(8-6-17)10-12-22(29)25-31/h1-12,31H,13-16H2,(H2,24,30)(H,25,29)/b11-9+,12-10+. The van der Waals surface area contributed by atoms with Crippen molar-refractivity contribution in [1.82, 2.24) is 10.4 Å². The summed E-state index contributed by atoms with van der Waals surface area (Å²) >= 11 is 0. The maximum Gasteiger partial charge on any atom is 0.314 e. The molecule has 1 aliphatic heterocycles. The van der Waals surface area contributed by atoms with Crippen LogP contribution in [0.3, 0.4) is 0 Å². The van der Waals surface area contributed by atoms with E-state index >= 15 is 0 Å². The summed E-state index contributed by atoms with van der Waals surface area (Å²) in [6.45, 7) is 2.27. The molecular formula is C23H24N4O4. The molecule has 2 aromatic rings. The third-order valence-electron chi connectivity index (χ3n) is 5.00. The normalized spacial score (nSPS) is 14.2. The van der Waals surface area contributed by atoms with E-state index in [0.29, 0.717) is 31.7 Å². The molecule has 8 heteroatoms. The van der Waals surface area contributed by atoms with Gasteiger partial charge in [0.05, 0.1) is 0 Å². The van der Waals surface area contributed by atoms with E-state index in [1.54, 1.807) is 35.3 Å². The first-order chi connectivity index (χ1) is 15.0. The summed E-state index contributed by atoms with van der Waals surface area (Å²) in [5.41, 5.74) is 9.93. The highest BCUT2D eigenvalue weighted by Gasteiger charge is 2.22. The molecule has 0 spiro atoms. The number of urea groups is 1. The minimum absolute atomic E-state index is 0.114. The number of carbonyl (C=O) groups excluding carboxylic acids is 3. The van der Waals surface area contributed by atoms with E-state index in [1.807, 2.05) is 30.3 Å². The Morgan fingerprint density at radius 2 is 1.45 bits per heavy atom. The van der Waals surface area contributed by atoms with Crippen LogP contribution in [0, 0.1) is 0 Å². The molecule has 0 unspecified atom stereocenters. The van der Waals surface area contributed by atoms with Crippen molar-refractivity contribution < 1.29 is 19.6 Å². The highest BCUT2D eigenvalue weighted by Crippen LogP contribution is 2.23. The number of hydroxylamine groups is 1. The van der Waals surface area contributed by atoms with Crippen molar-refractivity contribution in [2.45, 2.75) is 0 Å². The van der Waals surface area contributed by atoms with E-state index in [4.69, 9.17) is 10.9 Å². The van der Waals surface area contributed by atoms with E-state index in [-0.39, 0.29) is 5.78 Å². The van der Waals surface area contributed by atoms with Gasteiger partial charge in [-0.05, 0) is 35.4 Å². The zero-order valence-electron chi connectivity index (χ0n) is 16.9. The summed E-state index contributed by atoms with van der Waals surface area (Å²) in [4.78, 5) is 38.9. The summed E-state index contributed by atoms with van der Waals surface area (Å²) in [6.07, 6.45) is 6.05. The van der Waals surface area contributed by atoms with Crippen molar-refractivity contribution in [2.24, 2.45) is 5.73 Å². The minimum atomic E-state index is -0.607. The van der Waals surface area contributed by atoms with Gasteiger partial charge in [-0.25, -0.2) is 10.3 Å². The summed E-state index contributed by atoms with van der Waals surface area (Å²) in [5, 5.41) is 8.49. The molecule has 160 valence electrons. The Balaban J connectivity index is 1.68.